The van der Waals surface area contributed by atoms with Crippen LogP contribution in [-0.4, -0.2) is 119 Å². The van der Waals surface area contributed by atoms with Crippen molar-refractivity contribution in [2.45, 2.75) is 6.42 Å². The number of hydrogen-bond acceptors (Lipinski definition) is 9. The number of aliphatic imine (C=N–C) groups is 1. The van der Waals surface area contributed by atoms with E-state index in [-0.39, 0.29) is 17.2 Å². The number of aromatic amines is 2. The van der Waals surface area contributed by atoms with Gasteiger partial charge in [-0.2, -0.15) is 5.10 Å². The number of ketones is 1. The molecule has 5 rings (SSSR count). The molecule has 2 amide bonds. The van der Waals surface area contributed by atoms with E-state index in [2.05, 4.69) is 35.9 Å². The van der Waals surface area contributed by atoms with Crippen molar-refractivity contribution in [1.82, 2.24) is 45.6 Å². The van der Waals surface area contributed by atoms with Crippen molar-refractivity contribution in [3.05, 3.63) is 60.0 Å². The Balaban J connectivity index is 1.30. The Hall–Kier alpha value is -5.28. The van der Waals surface area contributed by atoms with Crippen molar-refractivity contribution < 1.29 is 19.1 Å². The summed E-state index contributed by atoms with van der Waals surface area (Å²) in [5.41, 5.74) is 5.05. The number of para-hydroxylation sites is 1. The van der Waals surface area contributed by atoms with Gasteiger partial charge in [0.05, 0.1) is 35.5 Å². The average Bonchev–Trinajstić information content (AvgIpc) is 3.74. The zero-order valence-corrected chi connectivity index (χ0v) is 25.5. The SMILES string of the molecule is COc1cnc(-c2cc(C(=O)NCCCN(C)C)[nH]n2)c2[nH]cc(C(=O)C(=O)N3CCN(C(=Nc4ccccc4)NN)CC3)c12. The largest absolute Gasteiger partial charge is 0.494 e. The number of nitrogens with zero attached hydrogens (tertiary/aromatic N) is 6. The number of fused-ring (bicyclic) bond motifs is 1. The lowest BCUT2D eigenvalue weighted by Crippen LogP contribution is -2.55. The number of methoxy groups -OCH3 is 1. The molecule has 0 atom stereocenters. The number of nitrogens with one attached hydrogen (secondary N) is 4. The van der Waals surface area contributed by atoms with Gasteiger partial charge in [-0.15, -0.1) is 0 Å². The van der Waals surface area contributed by atoms with E-state index in [1.165, 1.54) is 24.4 Å². The van der Waals surface area contributed by atoms with E-state index < -0.39 is 11.7 Å². The lowest BCUT2D eigenvalue weighted by Gasteiger charge is -2.35. The third-order valence-electron chi connectivity index (χ3n) is 7.45. The molecule has 0 bridgehead atoms. The highest BCUT2D eigenvalue weighted by molar-refractivity contribution is 6.45. The number of guanidine groups is 1. The normalized spacial score (nSPS) is 13.8. The lowest BCUT2D eigenvalue weighted by molar-refractivity contribution is -0.127. The summed E-state index contributed by atoms with van der Waals surface area (Å²) < 4.78 is 5.52. The first-order valence-electron chi connectivity index (χ1n) is 14.5. The fourth-order valence-electron chi connectivity index (χ4n) is 5.10. The number of hydrogen-bond donors (Lipinski definition) is 5. The lowest BCUT2D eigenvalue weighted by atomic mass is 10.1. The standard InChI is InChI=1S/C30H37N11O4/c1-39(2)11-7-10-32-28(43)22-16-21(37-38-22)25-26-24(23(45-3)18-34-25)20(17-33-26)27(42)29(44)40-12-14-41(15-13-40)30(36-31)35-19-8-5-4-6-9-19/h4-6,8-9,16-18,33H,7,10-15,31H2,1-3H3,(H,32,43)(H,35,36)(H,37,38). The number of pyridine rings is 1. The van der Waals surface area contributed by atoms with Crippen LogP contribution >= 0.6 is 0 Å². The van der Waals surface area contributed by atoms with Crippen LogP contribution in [0.15, 0.2) is 53.8 Å². The van der Waals surface area contributed by atoms with E-state index in [1.807, 2.05) is 54.2 Å². The van der Waals surface area contributed by atoms with Crippen LogP contribution in [0, 0.1) is 0 Å². The summed E-state index contributed by atoms with van der Waals surface area (Å²) in [6.45, 7) is 2.86. The highest BCUT2D eigenvalue weighted by Crippen LogP contribution is 2.34. The molecular formula is C30H37N11O4. The molecule has 6 N–H and O–H groups in total. The van der Waals surface area contributed by atoms with Crippen molar-refractivity contribution >= 4 is 40.1 Å². The van der Waals surface area contributed by atoms with Gasteiger partial charge >= 0.3 is 0 Å². The molecule has 0 saturated carbocycles. The van der Waals surface area contributed by atoms with Gasteiger partial charge in [0.15, 0.2) is 0 Å². The molecule has 1 aliphatic rings. The molecule has 0 aliphatic carbocycles. The fourth-order valence-corrected chi connectivity index (χ4v) is 5.10. The van der Waals surface area contributed by atoms with Crippen LogP contribution in [0.2, 0.25) is 0 Å². The number of ether oxygens (including phenoxy) is 1. The molecule has 1 fully saturated rings. The summed E-state index contributed by atoms with van der Waals surface area (Å²) in [6, 6.07) is 11.0. The fraction of sp³-hybridized carbons (Fsp3) is 0.333. The van der Waals surface area contributed by atoms with Crippen LogP contribution in [0.25, 0.3) is 22.3 Å². The van der Waals surface area contributed by atoms with Crippen LogP contribution < -0.4 is 21.3 Å². The Labute approximate surface area is 259 Å². The van der Waals surface area contributed by atoms with E-state index in [1.54, 1.807) is 6.07 Å². The summed E-state index contributed by atoms with van der Waals surface area (Å²) >= 11 is 0. The van der Waals surface area contributed by atoms with Gasteiger partial charge in [0.25, 0.3) is 17.6 Å². The maximum absolute atomic E-state index is 13.6. The van der Waals surface area contributed by atoms with E-state index in [0.29, 0.717) is 66.7 Å². The molecule has 3 aromatic heterocycles. The van der Waals surface area contributed by atoms with Crippen LogP contribution in [0.3, 0.4) is 0 Å². The smallest absolute Gasteiger partial charge is 0.295 e. The predicted octanol–water partition coefficient (Wildman–Crippen LogP) is 1.12. The van der Waals surface area contributed by atoms with E-state index in [9.17, 15) is 14.4 Å². The molecule has 4 aromatic rings. The first-order valence-corrected chi connectivity index (χ1v) is 14.5. The van der Waals surface area contributed by atoms with Gasteiger partial charge in [0.2, 0.25) is 5.96 Å². The van der Waals surface area contributed by atoms with Crippen LogP contribution in [0.5, 0.6) is 5.75 Å². The van der Waals surface area contributed by atoms with Crippen molar-refractivity contribution in [3.8, 4) is 17.1 Å². The maximum atomic E-state index is 13.6. The minimum atomic E-state index is -0.680. The molecule has 1 aromatic carbocycles. The predicted molar refractivity (Wildman–Crippen MR) is 169 cm³/mol. The number of benzene rings is 1. The third kappa shape index (κ3) is 6.94. The molecule has 1 saturated heterocycles. The van der Waals surface area contributed by atoms with Crippen molar-refractivity contribution in [2.24, 2.45) is 10.8 Å². The van der Waals surface area contributed by atoms with Crippen molar-refractivity contribution in [3.63, 3.8) is 0 Å². The molecule has 15 heteroatoms. The Kier molecular flexibility index (Phi) is 9.70. The highest BCUT2D eigenvalue weighted by atomic mass is 16.5. The number of rotatable bonds is 10. The Morgan fingerprint density at radius 1 is 1.11 bits per heavy atom. The van der Waals surface area contributed by atoms with Gasteiger partial charge in [0.1, 0.15) is 22.8 Å². The first kappa shape index (κ1) is 31.2. The van der Waals surface area contributed by atoms with Gasteiger partial charge in [-0.1, -0.05) is 18.2 Å². The number of aromatic nitrogens is 4. The number of hydrazine groups is 1. The molecule has 15 nitrogen and oxygen atoms in total. The monoisotopic (exact) mass is 615 g/mol. The van der Waals surface area contributed by atoms with Crippen molar-refractivity contribution in [2.75, 3.05) is 60.5 Å². The highest BCUT2D eigenvalue weighted by Gasteiger charge is 2.31. The van der Waals surface area contributed by atoms with E-state index in [0.717, 1.165) is 18.7 Å². The minimum absolute atomic E-state index is 0.155. The first-order chi connectivity index (χ1) is 21.8. The molecule has 1 aliphatic heterocycles. The molecule has 0 unspecified atom stereocenters. The maximum Gasteiger partial charge on any atom is 0.295 e. The molecular weight excluding hydrogens is 578 g/mol. The summed E-state index contributed by atoms with van der Waals surface area (Å²) in [5, 5.41) is 10.3. The molecule has 4 heterocycles. The second kappa shape index (κ2) is 14.0. The second-order valence-corrected chi connectivity index (χ2v) is 10.7. The summed E-state index contributed by atoms with van der Waals surface area (Å²) in [7, 11) is 5.41. The van der Waals surface area contributed by atoms with Gasteiger partial charge in [-0.3, -0.25) is 24.9 Å². The Morgan fingerprint density at radius 2 is 1.84 bits per heavy atom. The zero-order valence-electron chi connectivity index (χ0n) is 25.5. The third-order valence-corrected chi connectivity index (χ3v) is 7.45. The van der Waals surface area contributed by atoms with Crippen LogP contribution in [0.1, 0.15) is 27.3 Å². The number of carbonyl (C=O) groups excluding carboxylic acids is 3. The number of Topliss-reactive ketones (excluding diaryl/α,β-unsaturated/α-hetero) is 1. The van der Waals surface area contributed by atoms with Crippen LogP contribution in [-0.2, 0) is 4.79 Å². The number of nitrogens with two attached hydrogens (primary N) is 1. The quantitative estimate of drug-likeness (QED) is 0.0329. The number of amides is 2. The summed E-state index contributed by atoms with van der Waals surface area (Å²) in [6.07, 6.45) is 3.75. The Bertz CT molecular complexity index is 1690. The van der Waals surface area contributed by atoms with Crippen LogP contribution in [0.4, 0.5) is 5.69 Å². The topological polar surface area (TPSA) is 190 Å². The van der Waals surface area contributed by atoms with Gasteiger partial charge in [-0.25, -0.2) is 15.8 Å². The van der Waals surface area contributed by atoms with Crippen molar-refractivity contribution in [1.29, 1.82) is 0 Å². The molecule has 236 valence electrons. The zero-order chi connectivity index (χ0) is 31.9. The average molecular weight is 616 g/mol. The van der Waals surface area contributed by atoms with E-state index in [4.69, 9.17) is 10.6 Å². The summed E-state index contributed by atoms with van der Waals surface area (Å²) in [4.78, 5) is 57.2. The molecule has 45 heavy (non-hydrogen) atoms. The number of carbonyl (C=O) groups is 3. The number of piperazine rings is 1. The molecule has 0 spiro atoms. The number of H-pyrrole nitrogens is 2. The van der Waals surface area contributed by atoms with Gasteiger partial charge in [0, 0.05) is 38.9 Å². The molecule has 0 radical (unpaired) electrons. The minimum Gasteiger partial charge on any atom is -0.494 e. The van der Waals surface area contributed by atoms with Gasteiger partial charge < -0.3 is 29.7 Å². The second-order valence-electron chi connectivity index (χ2n) is 10.7. The van der Waals surface area contributed by atoms with Gasteiger partial charge in [-0.05, 0) is 45.3 Å². The summed E-state index contributed by atoms with van der Waals surface area (Å²) in [5.74, 6) is 4.93. The Morgan fingerprint density at radius 3 is 2.53 bits per heavy atom. The van der Waals surface area contributed by atoms with E-state index >= 15 is 0 Å².